The first kappa shape index (κ1) is 15.7. The Balaban J connectivity index is 1.97. The van der Waals surface area contributed by atoms with Crippen molar-refractivity contribution in [2.75, 3.05) is 18.9 Å². The average molecular weight is 310 g/mol. The van der Waals surface area contributed by atoms with E-state index in [1.807, 2.05) is 12.1 Å². The number of halogens is 1. The van der Waals surface area contributed by atoms with Gasteiger partial charge in [-0.05, 0) is 35.4 Å². The van der Waals surface area contributed by atoms with Crippen molar-refractivity contribution < 1.29 is 4.74 Å². The lowest BCUT2D eigenvalue weighted by Gasteiger charge is -2.08. The molecule has 2 N–H and O–H groups in total. The molecule has 7 heteroatoms. The standard InChI is InChI=1S/C14H20ClN5O/c1-2-3-9-21-10-5-8-20-14(17-18-19-20)11-6-4-7-12(15)13(11)16/h4,6-7H,2-3,5,8-10,16H2,1H3. The van der Waals surface area contributed by atoms with Crippen LogP contribution < -0.4 is 5.73 Å². The highest BCUT2D eigenvalue weighted by Crippen LogP contribution is 2.29. The van der Waals surface area contributed by atoms with Crippen LogP contribution in [0.15, 0.2) is 18.2 Å². The number of hydrogen-bond acceptors (Lipinski definition) is 5. The number of rotatable bonds is 8. The zero-order chi connectivity index (χ0) is 15.1. The maximum Gasteiger partial charge on any atom is 0.184 e. The van der Waals surface area contributed by atoms with E-state index >= 15 is 0 Å². The minimum absolute atomic E-state index is 0.495. The SMILES string of the molecule is CCCCOCCCn1nnnc1-c1cccc(Cl)c1N. The van der Waals surface area contributed by atoms with Gasteiger partial charge < -0.3 is 10.5 Å². The quantitative estimate of drug-likeness (QED) is 0.599. The molecular weight excluding hydrogens is 290 g/mol. The summed E-state index contributed by atoms with van der Waals surface area (Å²) in [5.41, 5.74) is 7.23. The molecule has 21 heavy (non-hydrogen) atoms. The van der Waals surface area contributed by atoms with Gasteiger partial charge in [-0.15, -0.1) is 5.10 Å². The summed E-state index contributed by atoms with van der Waals surface area (Å²) in [6.07, 6.45) is 3.09. The van der Waals surface area contributed by atoms with Crippen LogP contribution in [0.5, 0.6) is 0 Å². The van der Waals surface area contributed by atoms with E-state index in [2.05, 4.69) is 22.4 Å². The number of nitrogen functional groups attached to an aromatic ring is 1. The number of ether oxygens (including phenoxy) is 1. The van der Waals surface area contributed by atoms with Gasteiger partial charge in [0.15, 0.2) is 5.82 Å². The van der Waals surface area contributed by atoms with Crippen molar-refractivity contribution in [3.63, 3.8) is 0 Å². The van der Waals surface area contributed by atoms with Crippen molar-refractivity contribution in [3.8, 4) is 11.4 Å². The van der Waals surface area contributed by atoms with E-state index in [0.717, 1.165) is 31.4 Å². The number of tetrazole rings is 1. The molecule has 114 valence electrons. The van der Waals surface area contributed by atoms with Gasteiger partial charge >= 0.3 is 0 Å². The average Bonchev–Trinajstić information content (AvgIpc) is 2.94. The first-order chi connectivity index (χ1) is 10.2. The predicted octanol–water partition coefficient (Wildman–Crippen LogP) is 2.78. The Hall–Kier alpha value is -1.66. The van der Waals surface area contributed by atoms with E-state index in [0.29, 0.717) is 29.7 Å². The highest BCUT2D eigenvalue weighted by molar-refractivity contribution is 6.33. The number of benzene rings is 1. The molecule has 0 fully saturated rings. The summed E-state index contributed by atoms with van der Waals surface area (Å²) < 4.78 is 7.26. The van der Waals surface area contributed by atoms with Gasteiger partial charge in [-0.2, -0.15) is 0 Å². The van der Waals surface area contributed by atoms with Gasteiger partial charge in [-0.25, -0.2) is 4.68 Å². The van der Waals surface area contributed by atoms with Crippen LogP contribution in [0, 0.1) is 0 Å². The van der Waals surface area contributed by atoms with Crippen molar-refractivity contribution in [3.05, 3.63) is 23.2 Å². The minimum Gasteiger partial charge on any atom is -0.397 e. The smallest absolute Gasteiger partial charge is 0.184 e. The number of unbranched alkanes of at least 4 members (excludes halogenated alkanes) is 1. The molecule has 1 aromatic carbocycles. The molecule has 0 aliphatic heterocycles. The zero-order valence-corrected chi connectivity index (χ0v) is 12.9. The van der Waals surface area contributed by atoms with Gasteiger partial charge in [0.1, 0.15) is 0 Å². The Labute approximate surface area is 129 Å². The molecule has 1 heterocycles. The number of anilines is 1. The van der Waals surface area contributed by atoms with Crippen molar-refractivity contribution in [2.45, 2.75) is 32.7 Å². The van der Waals surface area contributed by atoms with E-state index in [4.69, 9.17) is 22.1 Å². The van der Waals surface area contributed by atoms with E-state index < -0.39 is 0 Å². The summed E-state index contributed by atoms with van der Waals surface area (Å²) in [7, 11) is 0. The molecule has 0 spiro atoms. The number of nitrogens with zero attached hydrogens (tertiary/aromatic N) is 4. The van der Waals surface area contributed by atoms with E-state index in [-0.39, 0.29) is 0 Å². The van der Waals surface area contributed by atoms with Crippen LogP contribution in [-0.2, 0) is 11.3 Å². The number of para-hydroxylation sites is 1. The molecular formula is C14H20ClN5O. The van der Waals surface area contributed by atoms with Crippen LogP contribution in [0.2, 0.25) is 5.02 Å². The Bertz CT molecular complexity index is 572. The van der Waals surface area contributed by atoms with Crippen LogP contribution in [0.3, 0.4) is 0 Å². The third-order valence-corrected chi connectivity index (χ3v) is 3.46. The van der Waals surface area contributed by atoms with Gasteiger partial charge in [0.2, 0.25) is 0 Å². The Morgan fingerprint density at radius 3 is 2.90 bits per heavy atom. The van der Waals surface area contributed by atoms with Crippen molar-refractivity contribution in [1.82, 2.24) is 20.2 Å². The van der Waals surface area contributed by atoms with Gasteiger partial charge in [0, 0.05) is 25.3 Å². The number of hydrogen-bond donors (Lipinski definition) is 1. The zero-order valence-electron chi connectivity index (χ0n) is 12.1. The van der Waals surface area contributed by atoms with Crippen LogP contribution >= 0.6 is 11.6 Å². The fourth-order valence-corrected chi connectivity index (χ4v) is 2.12. The molecule has 0 amide bonds. The summed E-state index contributed by atoms with van der Waals surface area (Å²) >= 11 is 6.04. The molecule has 0 unspecified atom stereocenters. The second-order valence-corrected chi connectivity index (χ2v) is 5.15. The van der Waals surface area contributed by atoms with E-state index in [9.17, 15) is 0 Å². The van der Waals surface area contributed by atoms with Crippen LogP contribution in [0.4, 0.5) is 5.69 Å². The molecule has 0 saturated carbocycles. The van der Waals surface area contributed by atoms with E-state index in [1.165, 1.54) is 0 Å². The molecule has 2 rings (SSSR count). The summed E-state index contributed by atoms with van der Waals surface area (Å²) in [6.45, 7) is 4.33. The third-order valence-electron chi connectivity index (χ3n) is 3.13. The lowest BCUT2D eigenvalue weighted by atomic mass is 10.1. The lowest BCUT2D eigenvalue weighted by molar-refractivity contribution is 0.125. The monoisotopic (exact) mass is 309 g/mol. The molecule has 0 aliphatic rings. The molecule has 6 nitrogen and oxygen atoms in total. The van der Waals surface area contributed by atoms with Crippen molar-refractivity contribution >= 4 is 17.3 Å². The second kappa shape index (κ2) is 7.95. The summed E-state index contributed by atoms with van der Waals surface area (Å²) in [5.74, 6) is 0.628. The minimum atomic E-state index is 0.495. The third kappa shape index (κ3) is 4.15. The maximum absolute atomic E-state index is 6.04. The largest absolute Gasteiger partial charge is 0.397 e. The number of aromatic nitrogens is 4. The summed E-state index contributed by atoms with van der Waals surface area (Å²) in [5, 5.41) is 12.3. The molecule has 0 radical (unpaired) electrons. The van der Waals surface area contributed by atoms with Gasteiger partial charge in [0.25, 0.3) is 0 Å². The van der Waals surface area contributed by atoms with E-state index in [1.54, 1.807) is 10.7 Å². The van der Waals surface area contributed by atoms with Crippen LogP contribution in [0.1, 0.15) is 26.2 Å². The maximum atomic E-state index is 6.04. The predicted molar refractivity (Wildman–Crippen MR) is 83.0 cm³/mol. The molecule has 2 aromatic rings. The summed E-state index contributed by atoms with van der Waals surface area (Å²) in [4.78, 5) is 0. The molecule has 0 saturated heterocycles. The van der Waals surface area contributed by atoms with Crippen molar-refractivity contribution in [2.24, 2.45) is 0 Å². The van der Waals surface area contributed by atoms with Gasteiger partial charge in [-0.3, -0.25) is 0 Å². The molecule has 0 bridgehead atoms. The lowest BCUT2D eigenvalue weighted by Crippen LogP contribution is -2.07. The first-order valence-corrected chi connectivity index (χ1v) is 7.50. The molecule has 1 aromatic heterocycles. The highest BCUT2D eigenvalue weighted by atomic mass is 35.5. The van der Waals surface area contributed by atoms with Crippen LogP contribution in [-0.4, -0.2) is 33.4 Å². The molecule has 0 atom stereocenters. The van der Waals surface area contributed by atoms with Gasteiger partial charge in [0.05, 0.1) is 10.7 Å². The fraction of sp³-hybridized carbons (Fsp3) is 0.500. The Morgan fingerprint density at radius 2 is 2.10 bits per heavy atom. The highest BCUT2D eigenvalue weighted by Gasteiger charge is 2.13. The first-order valence-electron chi connectivity index (χ1n) is 7.12. The number of nitrogens with two attached hydrogens (primary N) is 1. The Kier molecular flexibility index (Phi) is 5.95. The van der Waals surface area contributed by atoms with Crippen LogP contribution in [0.25, 0.3) is 11.4 Å². The normalized spacial score (nSPS) is 11.0. The van der Waals surface area contributed by atoms with Gasteiger partial charge in [-0.1, -0.05) is 31.0 Å². The fourth-order valence-electron chi connectivity index (χ4n) is 1.95. The number of aryl methyl sites for hydroxylation is 1. The van der Waals surface area contributed by atoms with Crippen molar-refractivity contribution in [1.29, 1.82) is 0 Å². The second-order valence-electron chi connectivity index (χ2n) is 4.75. The molecule has 0 aliphatic carbocycles. The Morgan fingerprint density at radius 1 is 1.29 bits per heavy atom. The topological polar surface area (TPSA) is 78.8 Å². The summed E-state index contributed by atoms with van der Waals surface area (Å²) in [6, 6.07) is 5.44.